The van der Waals surface area contributed by atoms with Crippen molar-refractivity contribution in [1.29, 1.82) is 0 Å². The van der Waals surface area contributed by atoms with Crippen molar-refractivity contribution in [3.63, 3.8) is 0 Å². The van der Waals surface area contributed by atoms with Crippen molar-refractivity contribution < 1.29 is 23.8 Å². The maximum Gasteiger partial charge on any atom is 0.296 e. The maximum absolute atomic E-state index is 13.1. The molecule has 2 atom stereocenters. The number of aliphatic hydroxyl groups excluding tert-OH is 1. The van der Waals surface area contributed by atoms with Gasteiger partial charge in [0.25, 0.3) is 11.7 Å². The number of benzene rings is 1. The molecular weight excluding hydrogens is 408 g/mol. The van der Waals surface area contributed by atoms with Gasteiger partial charge in [-0.3, -0.25) is 14.6 Å². The van der Waals surface area contributed by atoms with Gasteiger partial charge in [0, 0.05) is 30.9 Å². The molecule has 2 aromatic heterocycles. The molecule has 7 heteroatoms. The highest BCUT2D eigenvalue weighted by Gasteiger charge is 2.47. The van der Waals surface area contributed by atoms with Gasteiger partial charge in [-0.05, 0) is 61.4 Å². The van der Waals surface area contributed by atoms with Gasteiger partial charge in [-0.2, -0.15) is 0 Å². The largest absolute Gasteiger partial charge is 0.507 e. The molecule has 3 aromatic rings. The molecule has 2 aliphatic rings. The van der Waals surface area contributed by atoms with Gasteiger partial charge in [0.1, 0.15) is 35.2 Å². The number of fused-ring (bicyclic) bond motifs is 1. The molecule has 32 heavy (non-hydrogen) atoms. The lowest BCUT2D eigenvalue weighted by molar-refractivity contribution is -0.140. The van der Waals surface area contributed by atoms with Crippen LogP contribution < -0.4 is 4.74 Å². The van der Waals surface area contributed by atoms with E-state index in [1.54, 1.807) is 49.6 Å². The first-order chi connectivity index (χ1) is 15.4. The molecule has 5 rings (SSSR count). The molecule has 0 radical (unpaired) electrons. The maximum atomic E-state index is 13.1. The lowest BCUT2D eigenvalue weighted by Gasteiger charge is -2.23. The molecule has 1 saturated heterocycles. The molecule has 1 amide bonds. The van der Waals surface area contributed by atoms with Gasteiger partial charge < -0.3 is 19.2 Å². The Hall–Kier alpha value is -3.87. The molecule has 0 saturated carbocycles. The summed E-state index contributed by atoms with van der Waals surface area (Å²) < 4.78 is 11.5. The van der Waals surface area contributed by atoms with Crippen LogP contribution in [-0.4, -0.2) is 32.8 Å². The summed E-state index contributed by atoms with van der Waals surface area (Å²) in [5, 5.41) is 11.2. The van der Waals surface area contributed by atoms with E-state index < -0.39 is 17.7 Å². The van der Waals surface area contributed by atoms with Crippen LogP contribution in [0.2, 0.25) is 0 Å². The molecule has 0 spiro atoms. The topological polar surface area (TPSA) is 92.9 Å². The molecule has 1 aromatic carbocycles. The zero-order valence-electron chi connectivity index (χ0n) is 17.7. The van der Waals surface area contributed by atoms with E-state index in [0.717, 1.165) is 16.9 Å². The summed E-state index contributed by atoms with van der Waals surface area (Å²) in [7, 11) is 0. The number of aliphatic hydroxyl groups is 1. The Bertz CT molecular complexity index is 1240. The molecule has 1 N–H and O–H groups in total. The zero-order valence-corrected chi connectivity index (χ0v) is 17.7. The Kier molecular flexibility index (Phi) is 4.81. The second kappa shape index (κ2) is 7.67. The molecular formula is C25H22N2O5. The van der Waals surface area contributed by atoms with Gasteiger partial charge in [-0.1, -0.05) is 6.07 Å². The van der Waals surface area contributed by atoms with Gasteiger partial charge in [0.05, 0.1) is 5.57 Å². The second-order valence-corrected chi connectivity index (χ2v) is 8.19. The van der Waals surface area contributed by atoms with Crippen molar-refractivity contribution in [1.82, 2.24) is 9.88 Å². The number of carbonyl (C=O) groups is 2. The number of amides is 1. The van der Waals surface area contributed by atoms with E-state index in [1.165, 1.54) is 4.90 Å². The van der Waals surface area contributed by atoms with Gasteiger partial charge in [-0.25, -0.2) is 0 Å². The van der Waals surface area contributed by atoms with E-state index in [0.29, 0.717) is 23.5 Å². The number of hydrogen-bond donors (Lipinski definition) is 1. The van der Waals surface area contributed by atoms with E-state index in [1.807, 2.05) is 19.1 Å². The number of rotatable bonds is 4. The normalized spacial score (nSPS) is 21.6. The van der Waals surface area contributed by atoms with Crippen molar-refractivity contribution in [3.05, 3.63) is 88.6 Å². The first-order valence-corrected chi connectivity index (χ1v) is 10.5. The number of likely N-dealkylation sites (tertiary alicyclic amines) is 1. The van der Waals surface area contributed by atoms with Crippen molar-refractivity contribution >= 4 is 17.4 Å². The minimum atomic E-state index is -0.840. The predicted molar refractivity (Wildman–Crippen MR) is 116 cm³/mol. The van der Waals surface area contributed by atoms with Crippen LogP contribution in [0, 0.1) is 6.92 Å². The standard InChI is InChI=1S/C25H22N2O5/c1-14-5-7-20(31-14)22-21(23(28)17-6-8-19-18(11-17)10-15(2)32-19)24(29)25(30)27(22)13-16-4-3-9-26-12-16/h3-9,11-12,15,22,28H,10,13H2,1-2H3/b23-21+/t15-,22+/m1/s1. The van der Waals surface area contributed by atoms with Crippen molar-refractivity contribution in [3.8, 4) is 5.75 Å². The summed E-state index contributed by atoms with van der Waals surface area (Å²) in [5.74, 6) is 0.187. The third-order valence-corrected chi connectivity index (χ3v) is 5.82. The van der Waals surface area contributed by atoms with Crippen LogP contribution in [0.15, 0.2) is 64.8 Å². The van der Waals surface area contributed by atoms with Crippen LogP contribution in [0.1, 0.15) is 41.2 Å². The van der Waals surface area contributed by atoms with Crippen molar-refractivity contribution in [2.45, 2.75) is 39.0 Å². The van der Waals surface area contributed by atoms with E-state index in [9.17, 15) is 14.7 Å². The minimum absolute atomic E-state index is 0.0140. The highest BCUT2D eigenvalue weighted by molar-refractivity contribution is 6.46. The smallest absolute Gasteiger partial charge is 0.296 e. The average Bonchev–Trinajstić information content (AvgIpc) is 3.44. The van der Waals surface area contributed by atoms with E-state index in [2.05, 4.69) is 4.98 Å². The summed E-state index contributed by atoms with van der Waals surface area (Å²) in [4.78, 5) is 31.6. The molecule has 0 bridgehead atoms. The van der Waals surface area contributed by atoms with Crippen LogP contribution >= 0.6 is 0 Å². The third kappa shape index (κ3) is 3.36. The number of carbonyl (C=O) groups excluding carboxylic acids is 2. The van der Waals surface area contributed by atoms with Crippen LogP contribution in [0.4, 0.5) is 0 Å². The molecule has 0 unspecified atom stereocenters. The molecule has 7 nitrogen and oxygen atoms in total. The monoisotopic (exact) mass is 430 g/mol. The fourth-order valence-corrected chi connectivity index (χ4v) is 4.35. The Morgan fingerprint density at radius 3 is 2.78 bits per heavy atom. The fraction of sp³-hybridized carbons (Fsp3) is 0.240. The van der Waals surface area contributed by atoms with Crippen LogP contribution in [0.3, 0.4) is 0 Å². The average molecular weight is 430 g/mol. The molecule has 1 fully saturated rings. The number of aromatic nitrogens is 1. The first-order valence-electron chi connectivity index (χ1n) is 10.5. The van der Waals surface area contributed by atoms with E-state index in [4.69, 9.17) is 9.15 Å². The van der Waals surface area contributed by atoms with Gasteiger partial charge >= 0.3 is 0 Å². The summed E-state index contributed by atoms with van der Waals surface area (Å²) in [5.41, 5.74) is 2.21. The molecule has 4 heterocycles. The highest BCUT2D eigenvalue weighted by atomic mass is 16.5. The lowest BCUT2D eigenvalue weighted by Crippen LogP contribution is -2.29. The number of Topliss-reactive ketones (excluding diaryl/α,β-unsaturated/α-hetero) is 1. The molecule has 0 aliphatic carbocycles. The predicted octanol–water partition coefficient (Wildman–Crippen LogP) is 3.93. The zero-order chi connectivity index (χ0) is 22.4. The van der Waals surface area contributed by atoms with Gasteiger partial charge in [0.2, 0.25) is 0 Å². The summed E-state index contributed by atoms with van der Waals surface area (Å²) in [6.45, 7) is 3.93. The van der Waals surface area contributed by atoms with Gasteiger partial charge in [0.15, 0.2) is 0 Å². The van der Waals surface area contributed by atoms with Crippen molar-refractivity contribution in [2.24, 2.45) is 0 Å². The summed E-state index contributed by atoms with van der Waals surface area (Å²) in [6, 6.07) is 11.6. The number of ketones is 1. The van der Waals surface area contributed by atoms with Crippen LogP contribution in [0.25, 0.3) is 5.76 Å². The number of hydrogen-bond acceptors (Lipinski definition) is 6. The fourth-order valence-electron chi connectivity index (χ4n) is 4.35. The van der Waals surface area contributed by atoms with Crippen molar-refractivity contribution in [2.75, 3.05) is 0 Å². The highest BCUT2D eigenvalue weighted by Crippen LogP contribution is 2.41. The number of ether oxygens (including phenoxy) is 1. The molecule has 162 valence electrons. The number of pyridine rings is 1. The Balaban J connectivity index is 1.62. The minimum Gasteiger partial charge on any atom is -0.507 e. The SMILES string of the molecule is Cc1ccc([C@H]2/C(=C(\O)c3ccc4c(c3)C[C@@H](C)O4)C(=O)C(=O)N2Cc2cccnc2)o1. The number of furan rings is 1. The second-order valence-electron chi connectivity index (χ2n) is 8.19. The third-order valence-electron chi connectivity index (χ3n) is 5.82. The first kappa shape index (κ1) is 20.1. The Morgan fingerprint density at radius 1 is 1.22 bits per heavy atom. The van der Waals surface area contributed by atoms with Crippen LogP contribution in [0.5, 0.6) is 5.75 Å². The van der Waals surface area contributed by atoms with E-state index in [-0.39, 0.29) is 24.0 Å². The van der Waals surface area contributed by atoms with Crippen LogP contribution in [-0.2, 0) is 22.6 Å². The van der Waals surface area contributed by atoms with Gasteiger partial charge in [-0.15, -0.1) is 0 Å². The van der Waals surface area contributed by atoms with E-state index >= 15 is 0 Å². The molecule has 2 aliphatic heterocycles. The lowest BCUT2D eigenvalue weighted by atomic mass is 9.97. The Morgan fingerprint density at radius 2 is 2.06 bits per heavy atom. The number of aryl methyl sites for hydroxylation is 1. The Labute approximate surface area is 184 Å². The number of nitrogens with zero attached hydrogens (tertiary/aromatic N) is 2. The quantitative estimate of drug-likeness (QED) is 0.383. The summed E-state index contributed by atoms with van der Waals surface area (Å²) in [6.07, 6.45) is 4.06. The summed E-state index contributed by atoms with van der Waals surface area (Å²) >= 11 is 0.